The molecule has 1 unspecified atom stereocenters. The maximum atomic E-state index is 13.1. The largest absolute Gasteiger partial charge is 0.489 e. The van der Waals surface area contributed by atoms with Crippen LogP contribution in [0.4, 0.5) is 18.9 Å². The van der Waals surface area contributed by atoms with Crippen molar-refractivity contribution >= 4 is 29.1 Å². The van der Waals surface area contributed by atoms with Gasteiger partial charge in [-0.15, -0.1) is 0 Å². The Balaban J connectivity index is 2.13. The van der Waals surface area contributed by atoms with Crippen LogP contribution in [0.25, 0.3) is 0 Å². The number of carbonyl (C=O) groups is 2. The zero-order valence-electron chi connectivity index (χ0n) is 16.2. The summed E-state index contributed by atoms with van der Waals surface area (Å²) in [6.45, 7) is 1.69. The summed E-state index contributed by atoms with van der Waals surface area (Å²) in [6.07, 6.45) is -4.60. The van der Waals surface area contributed by atoms with Crippen molar-refractivity contribution in [2.24, 2.45) is 0 Å². The van der Waals surface area contributed by atoms with Crippen LogP contribution in [0.1, 0.15) is 22.8 Å². The van der Waals surface area contributed by atoms with Crippen LogP contribution in [0.2, 0.25) is 5.02 Å². The highest BCUT2D eigenvalue weighted by atomic mass is 35.5. The molecule has 10 heteroatoms. The Kier molecular flexibility index (Phi) is 8.08. The van der Waals surface area contributed by atoms with Gasteiger partial charge >= 0.3 is 6.18 Å². The van der Waals surface area contributed by atoms with Crippen LogP contribution in [0.3, 0.4) is 0 Å². The lowest BCUT2D eigenvalue weighted by atomic mass is 10.1. The van der Waals surface area contributed by atoms with Gasteiger partial charge in [-0.3, -0.25) is 9.59 Å². The summed E-state index contributed by atoms with van der Waals surface area (Å²) in [4.78, 5) is 24.7. The third kappa shape index (κ3) is 6.64. The lowest BCUT2D eigenvalue weighted by molar-refractivity contribution is -0.137. The van der Waals surface area contributed by atoms with E-state index in [4.69, 9.17) is 21.1 Å². The molecule has 1 atom stereocenters. The zero-order valence-corrected chi connectivity index (χ0v) is 16.9. The van der Waals surface area contributed by atoms with Crippen LogP contribution in [-0.4, -0.2) is 38.2 Å². The Bertz CT molecular complexity index is 889. The molecule has 0 saturated heterocycles. The van der Waals surface area contributed by atoms with Gasteiger partial charge in [-0.2, -0.15) is 13.2 Å². The first-order chi connectivity index (χ1) is 14.1. The molecule has 0 aliphatic rings. The number of hydrogen-bond acceptors (Lipinski definition) is 4. The molecule has 2 amide bonds. The van der Waals surface area contributed by atoms with Crippen molar-refractivity contribution < 1.29 is 32.2 Å². The molecule has 0 fully saturated rings. The van der Waals surface area contributed by atoms with Crippen LogP contribution in [0.5, 0.6) is 5.75 Å². The van der Waals surface area contributed by atoms with E-state index in [1.807, 2.05) is 0 Å². The molecule has 0 heterocycles. The minimum absolute atomic E-state index is 0.0460. The number of nitrogens with one attached hydrogen (secondary N) is 2. The molecule has 0 radical (unpaired) electrons. The standard InChI is InChI=1S/C20H20ClF3N2O4/c1-12(25-19(28)13-3-6-15(21)7-4-13)18(27)26-16-11-14(20(22,23)24)5-8-17(16)30-10-9-29-2/h3-8,11-12H,9-10H2,1-2H3,(H,25,28)(H,26,27). The molecule has 0 spiro atoms. The van der Waals surface area contributed by atoms with Gasteiger partial charge in [0.15, 0.2) is 0 Å². The second-order valence-corrected chi connectivity index (χ2v) is 6.68. The summed E-state index contributed by atoms with van der Waals surface area (Å²) in [5, 5.41) is 5.30. The number of rotatable bonds is 8. The highest BCUT2D eigenvalue weighted by Gasteiger charge is 2.31. The van der Waals surface area contributed by atoms with E-state index in [-0.39, 0.29) is 30.2 Å². The summed E-state index contributed by atoms with van der Waals surface area (Å²) in [7, 11) is 1.45. The molecule has 2 aromatic carbocycles. The third-order valence-corrected chi connectivity index (χ3v) is 4.21. The number of halogens is 4. The highest BCUT2D eigenvalue weighted by Crippen LogP contribution is 2.35. The highest BCUT2D eigenvalue weighted by molar-refractivity contribution is 6.30. The molecular weight excluding hydrogens is 425 g/mol. The summed E-state index contributed by atoms with van der Waals surface area (Å²) in [5.74, 6) is -1.20. The number of benzene rings is 2. The molecule has 0 aliphatic heterocycles. The maximum Gasteiger partial charge on any atom is 0.416 e. The molecule has 2 aromatic rings. The lowest BCUT2D eigenvalue weighted by Gasteiger charge is -2.18. The predicted octanol–water partition coefficient (Wildman–Crippen LogP) is 4.14. The molecule has 0 saturated carbocycles. The van der Waals surface area contributed by atoms with Crippen LogP contribution in [-0.2, 0) is 15.7 Å². The molecule has 0 aromatic heterocycles. The number of methoxy groups -OCH3 is 1. The van der Waals surface area contributed by atoms with Gasteiger partial charge in [-0.05, 0) is 49.4 Å². The average molecular weight is 445 g/mol. The maximum absolute atomic E-state index is 13.1. The topological polar surface area (TPSA) is 76.7 Å². The molecule has 2 N–H and O–H groups in total. The van der Waals surface area contributed by atoms with Crippen LogP contribution < -0.4 is 15.4 Å². The Hall–Kier alpha value is -2.78. The molecule has 162 valence electrons. The van der Waals surface area contributed by atoms with Gasteiger partial charge in [0, 0.05) is 17.7 Å². The fourth-order valence-electron chi connectivity index (χ4n) is 2.35. The number of amides is 2. The second-order valence-electron chi connectivity index (χ2n) is 6.24. The lowest BCUT2D eigenvalue weighted by Crippen LogP contribution is -2.41. The molecule has 6 nitrogen and oxygen atoms in total. The first kappa shape index (κ1) is 23.5. The van der Waals surface area contributed by atoms with Crippen LogP contribution >= 0.6 is 11.6 Å². The smallest absolute Gasteiger partial charge is 0.416 e. The number of anilines is 1. The molecule has 30 heavy (non-hydrogen) atoms. The van der Waals surface area contributed by atoms with Gasteiger partial charge in [0.05, 0.1) is 17.9 Å². The van der Waals surface area contributed by atoms with Crippen molar-refractivity contribution in [3.8, 4) is 5.75 Å². The van der Waals surface area contributed by atoms with E-state index in [0.29, 0.717) is 5.02 Å². The van der Waals surface area contributed by atoms with E-state index >= 15 is 0 Å². The number of alkyl halides is 3. The van der Waals surface area contributed by atoms with Gasteiger partial charge < -0.3 is 20.1 Å². The van der Waals surface area contributed by atoms with Crippen molar-refractivity contribution in [1.29, 1.82) is 0 Å². The van der Waals surface area contributed by atoms with Gasteiger partial charge in [-0.25, -0.2) is 0 Å². The van der Waals surface area contributed by atoms with Crippen molar-refractivity contribution in [3.63, 3.8) is 0 Å². The van der Waals surface area contributed by atoms with Crippen LogP contribution in [0, 0.1) is 0 Å². The fourth-order valence-corrected chi connectivity index (χ4v) is 2.48. The van der Waals surface area contributed by atoms with Crippen LogP contribution in [0.15, 0.2) is 42.5 Å². The fraction of sp³-hybridized carbons (Fsp3) is 0.300. The summed E-state index contributed by atoms with van der Waals surface area (Å²) >= 11 is 5.77. The second kappa shape index (κ2) is 10.3. The normalized spacial score (nSPS) is 12.2. The Morgan fingerprint density at radius 1 is 1.10 bits per heavy atom. The average Bonchev–Trinajstić information content (AvgIpc) is 2.68. The van der Waals surface area contributed by atoms with Crippen molar-refractivity contribution in [1.82, 2.24) is 5.32 Å². The van der Waals surface area contributed by atoms with Crippen molar-refractivity contribution in [2.45, 2.75) is 19.1 Å². The predicted molar refractivity (Wildman–Crippen MR) is 106 cm³/mol. The summed E-state index contributed by atoms with van der Waals surface area (Å²) in [5.41, 5.74) is -0.838. The minimum atomic E-state index is -4.60. The molecule has 0 bridgehead atoms. The zero-order chi connectivity index (χ0) is 22.3. The molecule has 0 aliphatic carbocycles. The first-order valence-corrected chi connectivity index (χ1v) is 9.20. The van der Waals surface area contributed by atoms with E-state index in [9.17, 15) is 22.8 Å². The van der Waals surface area contributed by atoms with Crippen molar-refractivity contribution in [3.05, 3.63) is 58.6 Å². The summed E-state index contributed by atoms with van der Waals surface area (Å²) in [6, 6.07) is 7.71. The van der Waals surface area contributed by atoms with Crippen molar-refractivity contribution in [2.75, 3.05) is 25.6 Å². The monoisotopic (exact) mass is 444 g/mol. The molecule has 2 rings (SSSR count). The van der Waals surface area contributed by atoms with E-state index < -0.39 is 29.6 Å². The van der Waals surface area contributed by atoms with Gasteiger partial charge in [0.2, 0.25) is 5.91 Å². The van der Waals surface area contributed by atoms with E-state index in [2.05, 4.69) is 10.6 Å². The molecular formula is C20H20ClF3N2O4. The Labute approximate surface area is 176 Å². The number of carbonyl (C=O) groups excluding carboxylic acids is 2. The van der Waals surface area contributed by atoms with E-state index in [1.165, 1.54) is 38.3 Å². The van der Waals surface area contributed by atoms with Gasteiger partial charge in [0.25, 0.3) is 5.91 Å². The number of ether oxygens (including phenoxy) is 2. The first-order valence-electron chi connectivity index (χ1n) is 8.82. The Morgan fingerprint density at radius 3 is 2.37 bits per heavy atom. The number of hydrogen-bond donors (Lipinski definition) is 2. The SMILES string of the molecule is COCCOc1ccc(C(F)(F)F)cc1NC(=O)C(C)NC(=O)c1ccc(Cl)cc1. The summed E-state index contributed by atoms with van der Waals surface area (Å²) < 4.78 is 49.4. The minimum Gasteiger partial charge on any atom is -0.489 e. The van der Waals surface area contributed by atoms with Gasteiger partial charge in [0.1, 0.15) is 18.4 Å². The third-order valence-electron chi connectivity index (χ3n) is 3.96. The quantitative estimate of drug-likeness (QED) is 0.600. The van der Waals surface area contributed by atoms with E-state index in [0.717, 1.165) is 18.2 Å². The van der Waals surface area contributed by atoms with Gasteiger partial charge in [-0.1, -0.05) is 11.6 Å². The Morgan fingerprint density at radius 2 is 1.77 bits per heavy atom. The van der Waals surface area contributed by atoms with E-state index in [1.54, 1.807) is 0 Å².